The van der Waals surface area contributed by atoms with Crippen molar-refractivity contribution in [3.05, 3.63) is 35.4 Å². The smallest absolute Gasteiger partial charge is 0.00915 e. The van der Waals surface area contributed by atoms with Crippen LogP contribution < -0.4 is 10.6 Å². The van der Waals surface area contributed by atoms with Crippen LogP contribution in [-0.2, 0) is 11.8 Å². The second-order valence-electron chi connectivity index (χ2n) is 6.34. The monoisotopic (exact) mass is 260 g/mol. The van der Waals surface area contributed by atoms with Gasteiger partial charge in [0.1, 0.15) is 0 Å². The van der Waals surface area contributed by atoms with E-state index in [1.165, 1.54) is 24.0 Å². The Kier molecular flexibility index (Phi) is 5.00. The predicted molar refractivity (Wildman–Crippen MR) is 82.7 cm³/mol. The lowest BCUT2D eigenvalue weighted by Crippen LogP contribution is -2.44. The maximum absolute atomic E-state index is 3.75. The molecule has 0 unspecified atom stereocenters. The summed E-state index contributed by atoms with van der Waals surface area (Å²) < 4.78 is 0. The Morgan fingerprint density at radius 1 is 1.16 bits per heavy atom. The molecule has 0 aromatic heterocycles. The Morgan fingerprint density at radius 2 is 1.79 bits per heavy atom. The minimum Gasteiger partial charge on any atom is -0.317 e. The van der Waals surface area contributed by atoms with E-state index in [2.05, 4.69) is 55.7 Å². The lowest BCUT2D eigenvalue weighted by atomic mass is 9.83. The Balaban J connectivity index is 1.92. The van der Waals surface area contributed by atoms with Crippen molar-refractivity contribution >= 4 is 0 Å². The molecule has 0 atom stereocenters. The fourth-order valence-corrected chi connectivity index (χ4v) is 2.72. The normalized spacial score (nSPS) is 17.6. The molecule has 2 heteroatoms. The molecule has 0 spiro atoms. The first kappa shape index (κ1) is 14.5. The zero-order valence-electron chi connectivity index (χ0n) is 12.6. The Morgan fingerprint density at radius 3 is 2.37 bits per heavy atom. The van der Waals surface area contributed by atoms with E-state index in [0.717, 1.165) is 26.1 Å². The molecule has 106 valence electrons. The number of nitrogens with one attached hydrogen (secondary N) is 2. The summed E-state index contributed by atoms with van der Waals surface area (Å²) in [6.45, 7) is 10.2. The van der Waals surface area contributed by atoms with Crippen molar-refractivity contribution in [3.8, 4) is 0 Å². The van der Waals surface area contributed by atoms with Gasteiger partial charge in [-0.2, -0.15) is 0 Å². The van der Waals surface area contributed by atoms with Crippen molar-refractivity contribution in [3.63, 3.8) is 0 Å². The van der Waals surface area contributed by atoms with Crippen LogP contribution in [0.25, 0.3) is 0 Å². The van der Waals surface area contributed by atoms with E-state index in [-0.39, 0.29) is 5.41 Å². The summed E-state index contributed by atoms with van der Waals surface area (Å²) in [4.78, 5) is 0. The highest BCUT2D eigenvalue weighted by atomic mass is 15.0. The topological polar surface area (TPSA) is 24.1 Å². The SMILES string of the molecule is CCc1ccc(C(C)(C)CNC2CCNCC2)cc1. The van der Waals surface area contributed by atoms with Gasteiger partial charge < -0.3 is 10.6 Å². The lowest BCUT2D eigenvalue weighted by Gasteiger charge is -2.31. The van der Waals surface area contributed by atoms with Crippen LogP contribution in [0.4, 0.5) is 0 Å². The molecule has 2 rings (SSSR count). The maximum Gasteiger partial charge on any atom is 0.00915 e. The molecule has 1 fully saturated rings. The van der Waals surface area contributed by atoms with E-state index in [1.54, 1.807) is 0 Å². The van der Waals surface area contributed by atoms with Gasteiger partial charge in [-0.3, -0.25) is 0 Å². The summed E-state index contributed by atoms with van der Waals surface area (Å²) in [5.41, 5.74) is 3.06. The van der Waals surface area contributed by atoms with Crippen molar-refractivity contribution in [1.29, 1.82) is 0 Å². The molecule has 1 saturated heterocycles. The molecular formula is C17H28N2. The van der Waals surface area contributed by atoms with Gasteiger partial charge in [-0.05, 0) is 43.5 Å². The molecule has 2 N–H and O–H groups in total. The fourth-order valence-electron chi connectivity index (χ4n) is 2.72. The standard InChI is InChI=1S/C17H28N2/c1-4-14-5-7-15(8-6-14)17(2,3)13-19-16-9-11-18-12-10-16/h5-8,16,18-19H,4,9-13H2,1-3H3. The van der Waals surface area contributed by atoms with E-state index in [1.807, 2.05) is 0 Å². The van der Waals surface area contributed by atoms with Crippen LogP contribution in [0, 0.1) is 0 Å². The summed E-state index contributed by atoms with van der Waals surface area (Å²) in [5.74, 6) is 0. The first-order valence-electron chi connectivity index (χ1n) is 7.65. The number of aryl methyl sites for hydroxylation is 1. The summed E-state index contributed by atoms with van der Waals surface area (Å²) in [6.07, 6.45) is 3.63. The van der Waals surface area contributed by atoms with Gasteiger partial charge in [0.25, 0.3) is 0 Å². The van der Waals surface area contributed by atoms with Crippen LogP contribution in [0.15, 0.2) is 24.3 Å². The summed E-state index contributed by atoms with van der Waals surface area (Å²) in [6, 6.07) is 9.81. The zero-order valence-corrected chi connectivity index (χ0v) is 12.6. The third-order valence-electron chi connectivity index (χ3n) is 4.32. The van der Waals surface area contributed by atoms with Crippen molar-refractivity contribution in [2.24, 2.45) is 0 Å². The van der Waals surface area contributed by atoms with Gasteiger partial charge >= 0.3 is 0 Å². The third kappa shape index (κ3) is 4.05. The molecule has 1 aromatic rings. The van der Waals surface area contributed by atoms with Gasteiger partial charge in [0.05, 0.1) is 0 Å². The van der Waals surface area contributed by atoms with Crippen LogP contribution in [0.5, 0.6) is 0 Å². The predicted octanol–water partition coefficient (Wildman–Crippen LogP) is 2.87. The lowest BCUT2D eigenvalue weighted by molar-refractivity contribution is 0.351. The molecule has 1 heterocycles. The van der Waals surface area contributed by atoms with Gasteiger partial charge in [-0.25, -0.2) is 0 Å². The number of rotatable bonds is 5. The quantitative estimate of drug-likeness (QED) is 0.850. The summed E-state index contributed by atoms with van der Waals surface area (Å²) in [7, 11) is 0. The molecular weight excluding hydrogens is 232 g/mol. The van der Waals surface area contributed by atoms with Crippen LogP contribution in [0.3, 0.4) is 0 Å². The third-order valence-corrected chi connectivity index (χ3v) is 4.32. The minimum absolute atomic E-state index is 0.206. The van der Waals surface area contributed by atoms with E-state index in [4.69, 9.17) is 0 Å². The molecule has 0 radical (unpaired) electrons. The summed E-state index contributed by atoms with van der Waals surface area (Å²) in [5, 5.41) is 7.17. The van der Waals surface area contributed by atoms with E-state index < -0.39 is 0 Å². The van der Waals surface area contributed by atoms with Crippen LogP contribution in [-0.4, -0.2) is 25.7 Å². The molecule has 2 nitrogen and oxygen atoms in total. The number of piperidine rings is 1. The van der Waals surface area contributed by atoms with E-state index in [9.17, 15) is 0 Å². The molecule has 1 aliphatic heterocycles. The maximum atomic E-state index is 3.75. The Bertz CT molecular complexity index is 375. The van der Waals surface area contributed by atoms with Crippen LogP contribution in [0.2, 0.25) is 0 Å². The van der Waals surface area contributed by atoms with Gasteiger partial charge in [-0.1, -0.05) is 45.0 Å². The molecule has 0 bridgehead atoms. The average Bonchev–Trinajstić information content (AvgIpc) is 2.46. The Hall–Kier alpha value is -0.860. The van der Waals surface area contributed by atoms with Gasteiger partial charge in [-0.15, -0.1) is 0 Å². The number of hydrogen-bond acceptors (Lipinski definition) is 2. The van der Waals surface area contributed by atoms with Crippen molar-refractivity contribution < 1.29 is 0 Å². The van der Waals surface area contributed by atoms with Crippen molar-refractivity contribution in [1.82, 2.24) is 10.6 Å². The number of hydrogen-bond donors (Lipinski definition) is 2. The molecule has 1 aliphatic rings. The van der Waals surface area contributed by atoms with Crippen LogP contribution >= 0.6 is 0 Å². The highest BCUT2D eigenvalue weighted by Crippen LogP contribution is 2.23. The summed E-state index contributed by atoms with van der Waals surface area (Å²) >= 11 is 0. The van der Waals surface area contributed by atoms with Crippen molar-refractivity contribution in [2.75, 3.05) is 19.6 Å². The minimum atomic E-state index is 0.206. The molecule has 0 aliphatic carbocycles. The fraction of sp³-hybridized carbons (Fsp3) is 0.647. The van der Waals surface area contributed by atoms with E-state index >= 15 is 0 Å². The highest BCUT2D eigenvalue weighted by molar-refractivity contribution is 5.28. The van der Waals surface area contributed by atoms with E-state index in [0.29, 0.717) is 6.04 Å². The molecule has 0 saturated carbocycles. The average molecular weight is 260 g/mol. The Labute approximate surface area is 118 Å². The van der Waals surface area contributed by atoms with Crippen molar-refractivity contribution in [2.45, 2.75) is 51.5 Å². The second kappa shape index (κ2) is 6.53. The molecule has 0 amide bonds. The molecule has 19 heavy (non-hydrogen) atoms. The van der Waals surface area contributed by atoms with Gasteiger partial charge in [0.2, 0.25) is 0 Å². The number of benzene rings is 1. The first-order chi connectivity index (χ1) is 9.12. The van der Waals surface area contributed by atoms with Gasteiger partial charge in [0, 0.05) is 18.0 Å². The highest BCUT2D eigenvalue weighted by Gasteiger charge is 2.22. The largest absolute Gasteiger partial charge is 0.317 e. The second-order valence-corrected chi connectivity index (χ2v) is 6.34. The zero-order chi connectivity index (χ0) is 13.7. The molecule has 1 aromatic carbocycles. The van der Waals surface area contributed by atoms with Crippen LogP contribution in [0.1, 0.15) is 44.7 Å². The first-order valence-corrected chi connectivity index (χ1v) is 7.65. The van der Waals surface area contributed by atoms with Gasteiger partial charge in [0.15, 0.2) is 0 Å².